The average Bonchev–Trinajstić information content (AvgIpc) is 3.05. The monoisotopic (exact) mass is 288 g/mol. The first-order chi connectivity index (χ1) is 9.72. The van der Waals surface area contributed by atoms with Crippen LogP contribution < -0.4 is 5.32 Å². The van der Waals surface area contributed by atoms with Crippen LogP contribution in [0.3, 0.4) is 0 Å². The van der Waals surface area contributed by atoms with Gasteiger partial charge in [-0.25, -0.2) is 0 Å². The van der Waals surface area contributed by atoms with E-state index in [1.165, 1.54) is 0 Å². The van der Waals surface area contributed by atoms with Gasteiger partial charge in [-0.2, -0.15) is 4.98 Å². The summed E-state index contributed by atoms with van der Waals surface area (Å²) in [6.07, 6.45) is 1.78. The Labute approximate surface area is 121 Å². The van der Waals surface area contributed by atoms with Crippen LogP contribution in [0.1, 0.15) is 19.7 Å². The molecule has 3 aromatic rings. The standard InChI is InChI=1S/C14H16N4OS/c1-9(2)6-15-8-13-17-14(18-19-13)10-5-12-11(16-7-10)3-4-20-12/h3-5,7,9,15H,6,8H2,1-2H3. The van der Waals surface area contributed by atoms with Gasteiger partial charge in [0.05, 0.1) is 16.8 Å². The van der Waals surface area contributed by atoms with Crippen molar-refractivity contribution in [3.05, 3.63) is 29.6 Å². The Morgan fingerprint density at radius 2 is 2.30 bits per heavy atom. The molecule has 0 saturated heterocycles. The minimum Gasteiger partial charge on any atom is -0.338 e. The van der Waals surface area contributed by atoms with E-state index in [4.69, 9.17) is 4.52 Å². The third-order valence-corrected chi connectivity index (χ3v) is 3.71. The van der Waals surface area contributed by atoms with Crippen molar-refractivity contribution < 1.29 is 4.52 Å². The molecule has 20 heavy (non-hydrogen) atoms. The molecule has 104 valence electrons. The molecule has 1 N–H and O–H groups in total. The third kappa shape index (κ3) is 2.86. The van der Waals surface area contributed by atoms with Gasteiger partial charge < -0.3 is 9.84 Å². The summed E-state index contributed by atoms with van der Waals surface area (Å²) in [7, 11) is 0. The van der Waals surface area contributed by atoms with E-state index in [2.05, 4.69) is 34.3 Å². The Kier molecular flexibility index (Phi) is 3.75. The van der Waals surface area contributed by atoms with Crippen LogP contribution in [-0.4, -0.2) is 21.7 Å². The summed E-state index contributed by atoms with van der Waals surface area (Å²) in [4.78, 5) is 8.78. The molecular weight excluding hydrogens is 272 g/mol. The highest BCUT2D eigenvalue weighted by molar-refractivity contribution is 7.17. The zero-order valence-electron chi connectivity index (χ0n) is 11.5. The number of thiophene rings is 1. The number of hydrogen-bond donors (Lipinski definition) is 1. The quantitative estimate of drug-likeness (QED) is 0.781. The molecule has 0 fully saturated rings. The smallest absolute Gasteiger partial charge is 0.240 e. The summed E-state index contributed by atoms with van der Waals surface area (Å²) in [6, 6.07) is 4.05. The van der Waals surface area contributed by atoms with Crippen LogP contribution in [-0.2, 0) is 6.54 Å². The third-order valence-electron chi connectivity index (χ3n) is 2.86. The van der Waals surface area contributed by atoms with Crippen molar-refractivity contribution in [2.45, 2.75) is 20.4 Å². The number of nitrogens with one attached hydrogen (secondary N) is 1. The SMILES string of the molecule is CC(C)CNCc1nc(-c2cnc3ccsc3c2)no1. The van der Waals surface area contributed by atoms with Crippen molar-refractivity contribution in [2.24, 2.45) is 5.92 Å². The van der Waals surface area contributed by atoms with E-state index in [0.717, 1.165) is 22.3 Å². The Morgan fingerprint density at radius 1 is 1.40 bits per heavy atom. The summed E-state index contributed by atoms with van der Waals surface area (Å²) in [5.74, 6) is 1.80. The molecule has 5 nitrogen and oxygen atoms in total. The predicted molar refractivity (Wildman–Crippen MR) is 79.5 cm³/mol. The maximum absolute atomic E-state index is 5.25. The summed E-state index contributed by atoms with van der Waals surface area (Å²) in [5, 5.41) is 9.32. The Bertz CT molecular complexity index is 704. The van der Waals surface area contributed by atoms with Crippen LogP contribution in [0.25, 0.3) is 21.6 Å². The van der Waals surface area contributed by atoms with Gasteiger partial charge in [0.1, 0.15) is 0 Å². The summed E-state index contributed by atoms with van der Waals surface area (Å²) in [5.41, 5.74) is 1.89. The van der Waals surface area contributed by atoms with Gasteiger partial charge in [0.2, 0.25) is 11.7 Å². The van der Waals surface area contributed by atoms with Crippen molar-refractivity contribution in [3.63, 3.8) is 0 Å². The van der Waals surface area contributed by atoms with Gasteiger partial charge in [-0.15, -0.1) is 11.3 Å². The molecule has 0 aliphatic rings. The first kappa shape index (κ1) is 13.2. The molecule has 0 spiro atoms. The summed E-state index contributed by atoms with van der Waals surface area (Å²) in [6.45, 7) is 5.85. The van der Waals surface area contributed by atoms with Crippen LogP contribution in [0.5, 0.6) is 0 Å². The molecule has 0 aromatic carbocycles. The molecule has 0 aliphatic heterocycles. The lowest BCUT2D eigenvalue weighted by molar-refractivity contribution is 0.364. The molecule has 0 amide bonds. The van der Waals surface area contributed by atoms with Crippen LogP contribution in [0.4, 0.5) is 0 Å². The van der Waals surface area contributed by atoms with E-state index < -0.39 is 0 Å². The second-order valence-corrected chi connectivity index (χ2v) is 6.01. The lowest BCUT2D eigenvalue weighted by Crippen LogP contribution is -2.19. The highest BCUT2D eigenvalue weighted by Crippen LogP contribution is 2.24. The number of rotatable bonds is 5. The number of pyridine rings is 1. The zero-order chi connectivity index (χ0) is 13.9. The van der Waals surface area contributed by atoms with Crippen molar-refractivity contribution in [1.29, 1.82) is 0 Å². The van der Waals surface area contributed by atoms with Crippen LogP contribution in [0.2, 0.25) is 0 Å². The highest BCUT2D eigenvalue weighted by atomic mass is 32.1. The minimum atomic E-state index is 0.592. The topological polar surface area (TPSA) is 63.8 Å². The van der Waals surface area contributed by atoms with E-state index in [1.54, 1.807) is 17.5 Å². The number of aromatic nitrogens is 3. The fourth-order valence-electron chi connectivity index (χ4n) is 1.88. The number of nitrogens with zero attached hydrogens (tertiary/aromatic N) is 3. The van der Waals surface area contributed by atoms with Crippen LogP contribution in [0, 0.1) is 5.92 Å². The molecule has 3 rings (SSSR count). The second-order valence-electron chi connectivity index (χ2n) is 5.06. The van der Waals surface area contributed by atoms with E-state index >= 15 is 0 Å². The van der Waals surface area contributed by atoms with Gasteiger partial charge in [-0.1, -0.05) is 19.0 Å². The Balaban J connectivity index is 1.75. The van der Waals surface area contributed by atoms with Gasteiger partial charge in [-0.05, 0) is 30.0 Å². The fraction of sp³-hybridized carbons (Fsp3) is 0.357. The van der Waals surface area contributed by atoms with Gasteiger partial charge in [-0.3, -0.25) is 4.98 Å². The van der Waals surface area contributed by atoms with Crippen molar-refractivity contribution in [2.75, 3.05) is 6.54 Å². The van der Waals surface area contributed by atoms with Gasteiger partial charge in [0.15, 0.2) is 0 Å². The molecule has 0 saturated carbocycles. The molecule has 3 heterocycles. The van der Waals surface area contributed by atoms with Crippen molar-refractivity contribution in [1.82, 2.24) is 20.4 Å². The fourth-order valence-corrected chi connectivity index (χ4v) is 2.66. The van der Waals surface area contributed by atoms with E-state index in [-0.39, 0.29) is 0 Å². The molecule has 0 bridgehead atoms. The number of hydrogen-bond acceptors (Lipinski definition) is 6. The first-order valence-corrected chi connectivity index (χ1v) is 7.47. The van der Waals surface area contributed by atoms with E-state index in [0.29, 0.717) is 24.2 Å². The van der Waals surface area contributed by atoms with Crippen LogP contribution in [0.15, 0.2) is 28.2 Å². The summed E-state index contributed by atoms with van der Waals surface area (Å²) < 4.78 is 6.38. The highest BCUT2D eigenvalue weighted by Gasteiger charge is 2.10. The largest absolute Gasteiger partial charge is 0.338 e. The lowest BCUT2D eigenvalue weighted by atomic mass is 10.2. The summed E-state index contributed by atoms with van der Waals surface area (Å²) >= 11 is 1.66. The normalized spacial score (nSPS) is 11.6. The predicted octanol–water partition coefficient (Wildman–Crippen LogP) is 3.09. The zero-order valence-corrected chi connectivity index (χ0v) is 12.3. The van der Waals surface area contributed by atoms with Gasteiger partial charge >= 0.3 is 0 Å². The Morgan fingerprint density at radius 3 is 3.15 bits per heavy atom. The molecule has 6 heteroatoms. The maximum atomic E-state index is 5.25. The molecule has 0 aliphatic carbocycles. The van der Waals surface area contributed by atoms with Gasteiger partial charge in [0, 0.05) is 11.8 Å². The van der Waals surface area contributed by atoms with Gasteiger partial charge in [0.25, 0.3) is 0 Å². The van der Waals surface area contributed by atoms with Crippen molar-refractivity contribution >= 4 is 21.6 Å². The number of fused-ring (bicyclic) bond motifs is 1. The van der Waals surface area contributed by atoms with E-state index in [1.807, 2.05) is 17.5 Å². The molecule has 0 radical (unpaired) electrons. The lowest BCUT2D eigenvalue weighted by Gasteiger charge is -2.03. The average molecular weight is 288 g/mol. The van der Waals surface area contributed by atoms with E-state index in [9.17, 15) is 0 Å². The minimum absolute atomic E-state index is 0.592. The Hall–Kier alpha value is -1.79. The second kappa shape index (κ2) is 5.68. The maximum Gasteiger partial charge on any atom is 0.240 e. The molecule has 0 unspecified atom stereocenters. The molecule has 0 atom stereocenters. The first-order valence-electron chi connectivity index (χ1n) is 6.59. The molecular formula is C14H16N4OS. The molecule has 3 aromatic heterocycles. The van der Waals surface area contributed by atoms with Crippen LogP contribution >= 0.6 is 11.3 Å². The van der Waals surface area contributed by atoms with Crippen molar-refractivity contribution in [3.8, 4) is 11.4 Å².